The molecule has 0 spiro atoms. The van der Waals surface area contributed by atoms with Gasteiger partial charge in [-0.1, -0.05) is 128 Å². The SMILES string of the molecule is CCCCc1c(C#Cc2cc(-c3ccccn3)nc(-c3ccccn3)c2)sc(C#Cc2sc(C#Cc3sc(C#Cc4cc(-c5ccccn5)nc(-c5ccccn5)c4)c(CCCC)c3CCCC)c(CCCC)c2CCCC)c1CCCC. The van der Waals surface area contributed by atoms with Gasteiger partial charge < -0.3 is 0 Å². The maximum absolute atomic E-state index is 5.01. The summed E-state index contributed by atoms with van der Waals surface area (Å²) in [7, 11) is 0. The predicted molar refractivity (Wildman–Crippen MR) is 350 cm³/mol. The van der Waals surface area contributed by atoms with Gasteiger partial charge in [0.25, 0.3) is 0 Å². The van der Waals surface area contributed by atoms with Gasteiger partial charge in [0.15, 0.2) is 0 Å². The second-order valence-electron chi connectivity index (χ2n) is 20.9. The van der Waals surface area contributed by atoms with Crippen LogP contribution in [0.3, 0.4) is 0 Å². The maximum Gasteiger partial charge on any atom is 0.0906 e. The van der Waals surface area contributed by atoms with Crippen molar-refractivity contribution < 1.29 is 0 Å². The molecule has 418 valence electrons. The van der Waals surface area contributed by atoms with Crippen LogP contribution < -0.4 is 0 Å². The van der Waals surface area contributed by atoms with Crippen LogP contribution in [0.4, 0.5) is 0 Å². The fourth-order valence-electron chi connectivity index (χ4n) is 10.1. The Morgan fingerprint density at radius 1 is 0.277 bits per heavy atom. The molecule has 0 aliphatic heterocycles. The van der Waals surface area contributed by atoms with Crippen molar-refractivity contribution >= 4 is 34.0 Å². The zero-order valence-electron chi connectivity index (χ0n) is 49.2. The molecule has 0 amide bonds. The van der Waals surface area contributed by atoms with E-state index in [2.05, 4.69) is 133 Å². The Morgan fingerprint density at radius 3 is 0.687 bits per heavy atom. The minimum Gasteiger partial charge on any atom is -0.255 e. The van der Waals surface area contributed by atoms with Gasteiger partial charge in [-0.2, -0.15) is 0 Å². The maximum atomic E-state index is 5.01. The minimum absolute atomic E-state index is 0.773. The van der Waals surface area contributed by atoms with Gasteiger partial charge in [-0.3, -0.25) is 19.9 Å². The van der Waals surface area contributed by atoms with Gasteiger partial charge in [0.05, 0.1) is 74.8 Å². The summed E-state index contributed by atoms with van der Waals surface area (Å²) < 4.78 is 0. The smallest absolute Gasteiger partial charge is 0.0906 e. The zero-order valence-corrected chi connectivity index (χ0v) is 51.6. The lowest BCUT2D eigenvalue weighted by Gasteiger charge is -2.06. The first-order chi connectivity index (χ1) is 40.9. The summed E-state index contributed by atoms with van der Waals surface area (Å²) in [4.78, 5) is 35.4. The molecule has 0 radical (unpaired) electrons. The number of unbranched alkanes of at least 4 members (excludes halogenated alkanes) is 6. The van der Waals surface area contributed by atoms with Gasteiger partial charge in [0, 0.05) is 35.9 Å². The first-order valence-electron chi connectivity index (χ1n) is 30.1. The minimum atomic E-state index is 0.773. The Labute approximate surface area is 506 Å². The molecule has 0 unspecified atom stereocenters. The van der Waals surface area contributed by atoms with Crippen molar-refractivity contribution in [3.05, 3.63) is 196 Å². The molecule has 0 atom stereocenters. The van der Waals surface area contributed by atoms with Crippen molar-refractivity contribution in [3.63, 3.8) is 0 Å². The van der Waals surface area contributed by atoms with Gasteiger partial charge in [-0.15, -0.1) is 34.0 Å². The van der Waals surface area contributed by atoms with Crippen LogP contribution in [0.2, 0.25) is 0 Å². The van der Waals surface area contributed by atoms with Gasteiger partial charge in [0.2, 0.25) is 0 Å². The Kier molecular flexibility index (Phi) is 22.4. The average molecular weight is 1140 g/mol. The molecule has 83 heavy (non-hydrogen) atoms. The Bertz CT molecular complexity index is 3480. The molecule has 0 bridgehead atoms. The highest BCUT2D eigenvalue weighted by Crippen LogP contribution is 2.36. The van der Waals surface area contributed by atoms with Crippen LogP contribution in [0.5, 0.6) is 0 Å². The summed E-state index contributed by atoms with van der Waals surface area (Å²) in [6.07, 6.45) is 26.4. The topological polar surface area (TPSA) is 77.3 Å². The molecule has 0 fully saturated rings. The molecule has 0 N–H and O–H groups in total. The van der Waals surface area contributed by atoms with Crippen LogP contribution in [0.1, 0.15) is 192 Å². The summed E-state index contributed by atoms with van der Waals surface area (Å²) in [5, 5.41) is 0. The third-order valence-electron chi connectivity index (χ3n) is 14.6. The van der Waals surface area contributed by atoms with E-state index in [1.165, 1.54) is 33.4 Å². The molecular formula is C74H74N6S3. The van der Waals surface area contributed by atoms with E-state index in [9.17, 15) is 0 Å². The van der Waals surface area contributed by atoms with Crippen LogP contribution in [0.25, 0.3) is 45.6 Å². The number of thiophene rings is 3. The number of aromatic nitrogens is 6. The molecule has 0 aliphatic rings. The van der Waals surface area contributed by atoms with Crippen molar-refractivity contribution in [1.29, 1.82) is 0 Å². The fraction of sp³-hybridized carbons (Fsp3) is 0.324. The molecule has 0 saturated heterocycles. The number of rotatable bonds is 22. The summed E-state index contributed by atoms with van der Waals surface area (Å²) >= 11 is 5.35. The average Bonchev–Trinajstić information content (AvgIpc) is 4.15. The van der Waals surface area contributed by atoms with Crippen LogP contribution in [-0.2, 0) is 38.5 Å². The Balaban J connectivity index is 1.13. The van der Waals surface area contributed by atoms with Crippen molar-refractivity contribution in [3.8, 4) is 92.9 Å². The molecule has 9 rings (SSSR count). The third-order valence-corrected chi connectivity index (χ3v) is 17.9. The van der Waals surface area contributed by atoms with E-state index in [0.717, 1.165) is 202 Å². The van der Waals surface area contributed by atoms with Crippen LogP contribution in [0, 0.1) is 47.4 Å². The van der Waals surface area contributed by atoms with E-state index in [4.69, 9.17) is 9.97 Å². The molecule has 9 heteroatoms. The number of hydrogen-bond donors (Lipinski definition) is 0. The normalized spacial score (nSPS) is 10.8. The van der Waals surface area contributed by atoms with Crippen molar-refractivity contribution in [2.24, 2.45) is 0 Å². The summed E-state index contributed by atoms with van der Waals surface area (Å²) in [6, 6.07) is 31.9. The monoisotopic (exact) mass is 1140 g/mol. The van der Waals surface area contributed by atoms with Crippen LogP contribution in [-0.4, -0.2) is 29.9 Å². The second-order valence-corrected chi connectivity index (χ2v) is 23.9. The van der Waals surface area contributed by atoms with Gasteiger partial charge in [-0.05, 0) is 207 Å². The highest BCUT2D eigenvalue weighted by atomic mass is 32.1. The summed E-state index contributed by atoms with van der Waals surface area (Å²) in [6.45, 7) is 13.7. The largest absolute Gasteiger partial charge is 0.255 e. The third kappa shape index (κ3) is 15.9. The Hall–Kier alpha value is -7.76. The fourth-order valence-corrected chi connectivity index (χ4v) is 13.4. The highest BCUT2D eigenvalue weighted by Gasteiger charge is 2.21. The van der Waals surface area contributed by atoms with E-state index in [0.29, 0.717) is 0 Å². The lowest BCUT2D eigenvalue weighted by molar-refractivity contribution is 0.760. The van der Waals surface area contributed by atoms with Crippen molar-refractivity contribution in [1.82, 2.24) is 29.9 Å². The lowest BCUT2D eigenvalue weighted by Crippen LogP contribution is -1.96. The molecule has 6 nitrogen and oxygen atoms in total. The lowest BCUT2D eigenvalue weighted by atomic mass is 9.97. The predicted octanol–water partition coefficient (Wildman–Crippen LogP) is 18.6. The van der Waals surface area contributed by atoms with Crippen LogP contribution >= 0.6 is 34.0 Å². The number of nitrogens with zero attached hydrogens (tertiary/aromatic N) is 6. The molecule has 9 aromatic rings. The first kappa shape index (κ1) is 59.8. The van der Waals surface area contributed by atoms with Crippen molar-refractivity contribution in [2.45, 2.75) is 157 Å². The molecule has 0 aromatic carbocycles. The molecule has 9 heterocycles. The molecule has 9 aromatic heterocycles. The van der Waals surface area contributed by atoms with Crippen LogP contribution in [0.15, 0.2) is 122 Å². The molecular weight excluding hydrogens is 1070 g/mol. The van der Waals surface area contributed by atoms with Gasteiger partial charge in [-0.25, -0.2) is 9.97 Å². The van der Waals surface area contributed by atoms with E-state index in [1.54, 1.807) is 47.5 Å². The first-order valence-corrected chi connectivity index (χ1v) is 32.6. The standard InChI is InChI=1S/C74H74N6S3/c1-7-13-27-55-57(29-15-9-3)71(81-69(55)39-37-53-49-65(61-33-19-23-45-75-61)79-66(50-53)62-34-20-24-46-76-62)41-43-73-59(31-17-11-5)60(32-18-12-6)74(83-73)44-42-72-58(30-16-10-4)56(28-14-8-2)70(82-72)40-38-54-51-67(63-35-21-25-47-77-63)80-68(52-54)64-36-22-26-48-78-64/h19-26,33-36,45-52H,7-18,27-32H2,1-6H3. The highest BCUT2D eigenvalue weighted by molar-refractivity contribution is 7.14. The van der Waals surface area contributed by atoms with E-state index in [1.807, 2.05) is 84.1 Å². The Morgan fingerprint density at radius 2 is 0.494 bits per heavy atom. The number of hydrogen-bond acceptors (Lipinski definition) is 9. The van der Waals surface area contributed by atoms with Gasteiger partial charge >= 0.3 is 0 Å². The van der Waals surface area contributed by atoms with Crippen molar-refractivity contribution in [2.75, 3.05) is 0 Å². The van der Waals surface area contributed by atoms with E-state index in [-0.39, 0.29) is 0 Å². The van der Waals surface area contributed by atoms with E-state index < -0.39 is 0 Å². The molecule has 0 saturated carbocycles. The second kappa shape index (κ2) is 31.1. The summed E-state index contributed by atoms with van der Waals surface area (Å²) in [5.41, 5.74) is 16.3. The zero-order chi connectivity index (χ0) is 57.6. The quantitative estimate of drug-likeness (QED) is 0.0629. The number of pyridine rings is 6. The van der Waals surface area contributed by atoms with Gasteiger partial charge in [0.1, 0.15) is 0 Å². The van der Waals surface area contributed by atoms with E-state index >= 15 is 0 Å². The summed E-state index contributed by atoms with van der Waals surface area (Å²) in [5.74, 6) is 30.1. The molecule has 0 aliphatic carbocycles.